The Bertz CT molecular complexity index is 442. The van der Waals surface area contributed by atoms with E-state index in [1.54, 1.807) is 0 Å². The zero-order chi connectivity index (χ0) is 13.4. The van der Waals surface area contributed by atoms with Gasteiger partial charge in [-0.1, -0.05) is 0 Å². The van der Waals surface area contributed by atoms with E-state index >= 15 is 0 Å². The monoisotopic (exact) mass is 266 g/mol. The molecule has 1 fully saturated rings. The molecule has 1 unspecified atom stereocenters. The highest BCUT2D eigenvalue weighted by Crippen LogP contribution is 2.31. The minimum atomic E-state index is -2.13. The molecule has 1 aliphatic rings. The second-order valence-corrected chi connectivity index (χ2v) is 4.18. The zero-order valence-electron chi connectivity index (χ0n) is 9.54. The Hall–Kier alpha value is -1.37. The summed E-state index contributed by atoms with van der Waals surface area (Å²) in [4.78, 5) is 1.09. The van der Waals surface area contributed by atoms with Crippen LogP contribution in [-0.2, 0) is 0 Å². The van der Waals surface area contributed by atoms with E-state index in [0.29, 0.717) is 19.5 Å². The lowest BCUT2D eigenvalue weighted by Crippen LogP contribution is -2.35. The fourth-order valence-corrected chi connectivity index (χ4v) is 2.06. The highest BCUT2D eigenvalue weighted by atomic mass is 19.2. The molecule has 18 heavy (non-hydrogen) atoms. The van der Waals surface area contributed by atoms with Crippen molar-refractivity contribution in [1.29, 1.82) is 0 Å². The molecule has 0 spiro atoms. The molecule has 0 saturated carbocycles. The minimum absolute atomic E-state index is 0.293. The first kappa shape index (κ1) is 13.1. The van der Waals surface area contributed by atoms with Crippen molar-refractivity contribution in [3.63, 3.8) is 0 Å². The highest BCUT2D eigenvalue weighted by Gasteiger charge is 2.31. The van der Waals surface area contributed by atoms with Crippen molar-refractivity contribution in [2.75, 3.05) is 25.0 Å². The average molecular weight is 266 g/mol. The molecule has 1 saturated heterocycles. The Labute approximate surface area is 100 Å². The number of halogens is 5. The van der Waals surface area contributed by atoms with E-state index < -0.39 is 34.8 Å². The van der Waals surface area contributed by atoms with Crippen molar-refractivity contribution in [3.05, 3.63) is 29.1 Å². The first-order valence-electron chi connectivity index (χ1n) is 5.40. The van der Waals surface area contributed by atoms with Gasteiger partial charge in [0, 0.05) is 19.6 Å². The van der Waals surface area contributed by atoms with Gasteiger partial charge in [0.05, 0.1) is 0 Å². The Balaban J connectivity index is 2.49. The van der Waals surface area contributed by atoms with Gasteiger partial charge in [-0.2, -0.15) is 0 Å². The lowest BCUT2D eigenvalue weighted by atomic mass is 10.1. The van der Waals surface area contributed by atoms with Crippen LogP contribution in [0.2, 0.25) is 0 Å². The summed E-state index contributed by atoms with van der Waals surface area (Å²) in [6.07, 6.45) is 0.579. The van der Waals surface area contributed by atoms with Gasteiger partial charge in [0.1, 0.15) is 5.69 Å². The number of hydrogen-bond acceptors (Lipinski definition) is 2. The van der Waals surface area contributed by atoms with E-state index in [9.17, 15) is 22.0 Å². The van der Waals surface area contributed by atoms with E-state index in [-0.39, 0.29) is 6.04 Å². The Morgan fingerprint density at radius 1 is 0.944 bits per heavy atom. The summed E-state index contributed by atoms with van der Waals surface area (Å²) in [5.41, 5.74) is -0.875. The average Bonchev–Trinajstić information content (AvgIpc) is 2.88. The molecule has 0 aliphatic carbocycles. The first-order chi connectivity index (χ1) is 8.45. The van der Waals surface area contributed by atoms with Gasteiger partial charge in [-0.3, -0.25) is 0 Å². The molecule has 0 bridgehead atoms. The lowest BCUT2D eigenvalue weighted by molar-refractivity contribution is 0.377. The molecule has 2 rings (SSSR count). The normalized spacial score (nSPS) is 19.3. The summed E-state index contributed by atoms with van der Waals surface area (Å²) in [5.74, 6) is -9.54. The minimum Gasteiger partial charge on any atom is -0.365 e. The van der Waals surface area contributed by atoms with Crippen LogP contribution in [0, 0.1) is 29.1 Å². The van der Waals surface area contributed by atoms with Crippen molar-refractivity contribution in [2.45, 2.75) is 12.5 Å². The predicted molar refractivity (Wildman–Crippen MR) is 55.9 cm³/mol. The lowest BCUT2D eigenvalue weighted by Gasteiger charge is -2.27. The van der Waals surface area contributed by atoms with Crippen LogP contribution < -0.4 is 10.2 Å². The molecule has 1 atom stereocenters. The number of anilines is 1. The summed E-state index contributed by atoms with van der Waals surface area (Å²) >= 11 is 0. The summed E-state index contributed by atoms with van der Waals surface area (Å²) in [6, 6.07) is -0.293. The molecule has 1 heterocycles. The van der Waals surface area contributed by atoms with Crippen molar-refractivity contribution in [3.8, 4) is 0 Å². The Kier molecular flexibility index (Phi) is 3.43. The zero-order valence-corrected chi connectivity index (χ0v) is 9.54. The maximum Gasteiger partial charge on any atom is 0.200 e. The maximum absolute atomic E-state index is 13.5. The fraction of sp³-hybridized carbons (Fsp3) is 0.455. The van der Waals surface area contributed by atoms with Crippen LogP contribution in [0.15, 0.2) is 0 Å². The molecule has 2 nitrogen and oxygen atoms in total. The van der Waals surface area contributed by atoms with Crippen LogP contribution in [0.5, 0.6) is 0 Å². The second-order valence-electron chi connectivity index (χ2n) is 4.18. The smallest absolute Gasteiger partial charge is 0.200 e. The summed E-state index contributed by atoms with van der Waals surface area (Å²) in [6.45, 7) is 1.08. The molecule has 1 aliphatic heterocycles. The van der Waals surface area contributed by atoms with Gasteiger partial charge >= 0.3 is 0 Å². The topological polar surface area (TPSA) is 15.3 Å². The van der Waals surface area contributed by atoms with Crippen molar-refractivity contribution >= 4 is 5.69 Å². The quantitative estimate of drug-likeness (QED) is 0.501. The fourth-order valence-electron chi connectivity index (χ4n) is 2.06. The van der Waals surface area contributed by atoms with E-state index in [0.717, 1.165) is 4.90 Å². The largest absolute Gasteiger partial charge is 0.365 e. The van der Waals surface area contributed by atoms with E-state index in [4.69, 9.17) is 0 Å². The van der Waals surface area contributed by atoms with Gasteiger partial charge in [-0.05, 0) is 13.0 Å². The van der Waals surface area contributed by atoms with Crippen LogP contribution >= 0.6 is 0 Å². The molecule has 7 heteroatoms. The van der Waals surface area contributed by atoms with Crippen LogP contribution in [0.4, 0.5) is 27.6 Å². The third kappa shape index (κ3) is 1.92. The van der Waals surface area contributed by atoms with E-state index in [1.165, 1.54) is 7.05 Å². The molecular weight excluding hydrogens is 255 g/mol. The molecule has 1 aromatic rings. The maximum atomic E-state index is 13.5. The van der Waals surface area contributed by atoms with Gasteiger partial charge in [-0.15, -0.1) is 0 Å². The molecule has 1 aromatic carbocycles. The first-order valence-corrected chi connectivity index (χ1v) is 5.40. The van der Waals surface area contributed by atoms with Crippen LogP contribution in [0.25, 0.3) is 0 Å². The van der Waals surface area contributed by atoms with Crippen LogP contribution in [0.3, 0.4) is 0 Å². The van der Waals surface area contributed by atoms with E-state index in [1.807, 2.05) is 0 Å². The SMILES string of the molecule is CN(c1c(F)c(F)c(F)c(F)c1F)C1CCNC1. The molecule has 0 radical (unpaired) electrons. The molecule has 0 aromatic heterocycles. The standard InChI is InChI=1S/C11H11F5N2/c1-18(5-2-3-17-4-5)11-9(15)7(13)6(12)8(14)10(11)16/h5,17H,2-4H2,1H3. The van der Waals surface area contributed by atoms with Gasteiger partial charge in [0.15, 0.2) is 23.3 Å². The van der Waals surface area contributed by atoms with Crippen molar-refractivity contribution in [1.82, 2.24) is 5.32 Å². The number of hydrogen-bond donors (Lipinski definition) is 1. The molecular formula is C11H11F5N2. The van der Waals surface area contributed by atoms with Gasteiger partial charge in [-0.25, -0.2) is 22.0 Å². The molecule has 0 amide bonds. The molecule has 1 N–H and O–H groups in total. The second kappa shape index (κ2) is 4.72. The van der Waals surface area contributed by atoms with Gasteiger partial charge < -0.3 is 10.2 Å². The van der Waals surface area contributed by atoms with Crippen molar-refractivity contribution in [2.24, 2.45) is 0 Å². The summed E-state index contributed by atoms with van der Waals surface area (Å²) < 4.78 is 66.0. The third-order valence-electron chi connectivity index (χ3n) is 3.12. The number of nitrogens with zero attached hydrogens (tertiary/aromatic N) is 1. The highest BCUT2D eigenvalue weighted by molar-refractivity contribution is 5.51. The van der Waals surface area contributed by atoms with Crippen LogP contribution in [-0.4, -0.2) is 26.2 Å². The predicted octanol–water partition coefficient (Wildman–Crippen LogP) is 2.18. The van der Waals surface area contributed by atoms with E-state index in [2.05, 4.69) is 5.32 Å². The Morgan fingerprint density at radius 3 is 1.89 bits per heavy atom. The van der Waals surface area contributed by atoms with Gasteiger partial charge in [0.25, 0.3) is 0 Å². The summed E-state index contributed by atoms with van der Waals surface area (Å²) in [5, 5.41) is 2.95. The van der Waals surface area contributed by atoms with Crippen LogP contribution in [0.1, 0.15) is 6.42 Å². The Morgan fingerprint density at radius 2 is 1.44 bits per heavy atom. The summed E-state index contributed by atoms with van der Waals surface area (Å²) in [7, 11) is 1.32. The number of likely N-dealkylation sites (N-methyl/N-ethyl adjacent to an activating group) is 1. The number of rotatable bonds is 2. The molecule has 100 valence electrons. The number of benzene rings is 1. The van der Waals surface area contributed by atoms with Gasteiger partial charge in [0.2, 0.25) is 5.82 Å². The number of nitrogens with one attached hydrogen (secondary N) is 1. The third-order valence-corrected chi connectivity index (χ3v) is 3.12. The van der Waals surface area contributed by atoms with Crippen molar-refractivity contribution < 1.29 is 22.0 Å².